The first-order valence-electron chi connectivity index (χ1n) is 8.65. The van der Waals surface area contributed by atoms with E-state index < -0.39 is 16.6 Å². The Labute approximate surface area is 162 Å². The number of pyridine rings is 1. The Hall–Kier alpha value is -2.30. The number of hydrogen-bond donors (Lipinski definition) is 0. The minimum absolute atomic E-state index is 0.0946. The fraction of sp³-hybridized carbons (Fsp3) is 0.389. The van der Waals surface area contributed by atoms with Gasteiger partial charge in [0.15, 0.2) is 0 Å². The molecule has 1 aliphatic heterocycles. The van der Waals surface area contributed by atoms with E-state index in [-0.39, 0.29) is 10.6 Å². The molecule has 0 unspecified atom stereocenters. The van der Waals surface area contributed by atoms with E-state index in [1.807, 2.05) is 11.9 Å². The first kappa shape index (κ1) is 20.4. The highest BCUT2D eigenvalue weighted by Crippen LogP contribution is 2.21. The van der Waals surface area contributed by atoms with Gasteiger partial charge in [-0.15, -0.1) is 0 Å². The normalized spacial score (nSPS) is 15.6. The van der Waals surface area contributed by atoms with E-state index in [0.29, 0.717) is 38.7 Å². The standard InChI is InChI=1S/C18H21F2N3O4S/c1-22(13-14-2-4-15(5-3-14)27-18(19)20)17-7-6-16(12-21-17)28(24,25)23-8-10-26-11-9-23/h2-7,12,18H,8-11,13H2,1H3. The van der Waals surface area contributed by atoms with Crippen molar-refractivity contribution >= 4 is 15.8 Å². The maximum atomic E-state index is 12.6. The maximum Gasteiger partial charge on any atom is 0.387 e. The molecule has 0 radical (unpaired) electrons. The third-order valence-electron chi connectivity index (χ3n) is 4.29. The van der Waals surface area contributed by atoms with Gasteiger partial charge < -0.3 is 14.4 Å². The van der Waals surface area contributed by atoms with Crippen molar-refractivity contribution in [3.05, 3.63) is 48.2 Å². The summed E-state index contributed by atoms with van der Waals surface area (Å²) in [5.41, 5.74) is 0.871. The van der Waals surface area contributed by atoms with Crippen LogP contribution in [0.15, 0.2) is 47.5 Å². The maximum absolute atomic E-state index is 12.6. The lowest BCUT2D eigenvalue weighted by atomic mass is 10.2. The first-order valence-corrected chi connectivity index (χ1v) is 10.1. The molecule has 2 aromatic rings. The molecule has 7 nitrogen and oxygen atoms in total. The Bertz CT molecular complexity index is 871. The van der Waals surface area contributed by atoms with Gasteiger partial charge in [-0.3, -0.25) is 0 Å². The molecule has 0 aliphatic carbocycles. The lowest BCUT2D eigenvalue weighted by Gasteiger charge is -2.26. The van der Waals surface area contributed by atoms with E-state index in [4.69, 9.17) is 4.74 Å². The van der Waals surface area contributed by atoms with Gasteiger partial charge in [0, 0.05) is 32.9 Å². The van der Waals surface area contributed by atoms with Crippen LogP contribution in [-0.4, -0.2) is 57.7 Å². The molecule has 1 aromatic heterocycles. The molecule has 0 amide bonds. The van der Waals surface area contributed by atoms with E-state index >= 15 is 0 Å². The second kappa shape index (κ2) is 8.80. The number of aromatic nitrogens is 1. The fourth-order valence-electron chi connectivity index (χ4n) is 2.82. The first-order chi connectivity index (χ1) is 13.4. The van der Waals surface area contributed by atoms with Crippen molar-refractivity contribution in [3.8, 4) is 5.75 Å². The summed E-state index contributed by atoms with van der Waals surface area (Å²) in [5, 5.41) is 0. The van der Waals surface area contributed by atoms with Gasteiger partial charge >= 0.3 is 6.61 Å². The Balaban J connectivity index is 1.65. The molecule has 0 spiro atoms. The van der Waals surface area contributed by atoms with E-state index in [1.54, 1.807) is 18.2 Å². The average Bonchev–Trinajstić information content (AvgIpc) is 2.70. The van der Waals surface area contributed by atoms with Crippen LogP contribution in [-0.2, 0) is 21.3 Å². The van der Waals surface area contributed by atoms with E-state index in [2.05, 4.69) is 9.72 Å². The molecule has 28 heavy (non-hydrogen) atoms. The molecule has 0 saturated carbocycles. The number of alkyl halides is 2. The summed E-state index contributed by atoms with van der Waals surface area (Å²) in [6.07, 6.45) is 1.34. The molecule has 3 rings (SSSR count). The zero-order valence-corrected chi connectivity index (χ0v) is 16.1. The van der Waals surface area contributed by atoms with Gasteiger partial charge in [-0.1, -0.05) is 12.1 Å². The molecule has 1 aliphatic rings. The van der Waals surface area contributed by atoms with Crippen molar-refractivity contribution in [2.75, 3.05) is 38.3 Å². The van der Waals surface area contributed by atoms with Crippen LogP contribution in [0.3, 0.4) is 0 Å². The molecule has 0 bridgehead atoms. The molecule has 0 atom stereocenters. The number of ether oxygens (including phenoxy) is 2. The molecular weight excluding hydrogens is 392 g/mol. The van der Waals surface area contributed by atoms with Gasteiger partial charge in [0.25, 0.3) is 0 Å². The number of sulfonamides is 1. The van der Waals surface area contributed by atoms with Crippen LogP contribution in [0.25, 0.3) is 0 Å². The third-order valence-corrected chi connectivity index (χ3v) is 6.17. The van der Waals surface area contributed by atoms with Crippen molar-refractivity contribution in [2.24, 2.45) is 0 Å². The Morgan fingerprint density at radius 1 is 1.18 bits per heavy atom. The van der Waals surface area contributed by atoms with Crippen molar-refractivity contribution in [1.82, 2.24) is 9.29 Å². The molecule has 1 fully saturated rings. The van der Waals surface area contributed by atoms with Crippen molar-refractivity contribution in [3.63, 3.8) is 0 Å². The summed E-state index contributed by atoms with van der Waals surface area (Å²) in [5.74, 6) is 0.686. The van der Waals surface area contributed by atoms with Gasteiger partial charge in [-0.2, -0.15) is 13.1 Å². The highest BCUT2D eigenvalue weighted by Gasteiger charge is 2.26. The van der Waals surface area contributed by atoms with Crippen LogP contribution in [0.1, 0.15) is 5.56 Å². The van der Waals surface area contributed by atoms with Crippen LogP contribution < -0.4 is 9.64 Å². The summed E-state index contributed by atoms with van der Waals surface area (Å²) in [6, 6.07) is 9.49. The summed E-state index contributed by atoms with van der Waals surface area (Å²) in [7, 11) is -1.77. The summed E-state index contributed by atoms with van der Waals surface area (Å²) in [6.45, 7) is -0.962. The highest BCUT2D eigenvalue weighted by molar-refractivity contribution is 7.89. The summed E-state index contributed by atoms with van der Waals surface area (Å²) < 4.78 is 60.5. The van der Waals surface area contributed by atoms with Crippen LogP contribution in [0.2, 0.25) is 0 Å². The largest absolute Gasteiger partial charge is 0.435 e. The molecule has 1 saturated heterocycles. The van der Waals surface area contributed by atoms with Gasteiger partial charge in [-0.25, -0.2) is 13.4 Å². The highest BCUT2D eigenvalue weighted by atomic mass is 32.2. The van der Waals surface area contributed by atoms with Crippen molar-refractivity contribution < 1.29 is 26.7 Å². The SMILES string of the molecule is CN(Cc1ccc(OC(F)F)cc1)c1ccc(S(=O)(=O)N2CCOCC2)cn1. The van der Waals surface area contributed by atoms with Crippen molar-refractivity contribution in [1.29, 1.82) is 0 Å². The van der Waals surface area contributed by atoms with Crippen LogP contribution in [0.5, 0.6) is 5.75 Å². The summed E-state index contributed by atoms with van der Waals surface area (Å²) >= 11 is 0. The fourth-order valence-corrected chi connectivity index (χ4v) is 4.17. The predicted octanol–water partition coefficient (Wildman–Crippen LogP) is 2.34. The zero-order valence-electron chi connectivity index (χ0n) is 15.3. The predicted molar refractivity (Wildman–Crippen MR) is 99.0 cm³/mol. The second-order valence-corrected chi connectivity index (χ2v) is 8.19. The lowest BCUT2D eigenvalue weighted by Crippen LogP contribution is -2.40. The van der Waals surface area contributed by atoms with Gasteiger partial charge in [0.1, 0.15) is 16.5 Å². The molecule has 1 aromatic carbocycles. The smallest absolute Gasteiger partial charge is 0.387 e. The number of benzene rings is 1. The minimum atomic E-state index is -3.58. The monoisotopic (exact) mass is 413 g/mol. The minimum Gasteiger partial charge on any atom is -0.435 e. The average molecular weight is 413 g/mol. The Morgan fingerprint density at radius 3 is 2.43 bits per heavy atom. The van der Waals surface area contributed by atoms with Crippen LogP contribution in [0.4, 0.5) is 14.6 Å². The number of hydrogen-bond acceptors (Lipinski definition) is 6. The lowest BCUT2D eigenvalue weighted by molar-refractivity contribution is -0.0498. The van der Waals surface area contributed by atoms with E-state index in [1.165, 1.54) is 28.7 Å². The Morgan fingerprint density at radius 2 is 1.86 bits per heavy atom. The third kappa shape index (κ3) is 4.94. The number of nitrogens with zero attached hydrogens (tertiary/aromatic N) is 3. The molecule has 152 valence electrons. The van der Waals surface area contributed by atoms with E-state index in [9.17, 15) is 17.2 Å². The van der Waals surface area contributed by atoms with Gasteiger partial charge in [0.2, 0.25) is 10.0 Å². The molecule has 2 heterocycles. The molecular formula is C18H21F2N3O4S. The Kier molecular flexibility index (Phi) is 6.42. The van der Waals surface area contributed by atoms with Crippen molar-refractivity contribution in [2.45, 2.75) is 18.1 Å². The van der Waals surface area contributed by atoms with Crippen LogP contribution >= 0.6 is 0 Å². The number of morpholine rings is 1. The van der Waals surface area contributed by atoms with Gasteiger partial charge in [-0.05, 0) is 29.8 Å². The molecule has 0 N–H and O–H groups in total. The topological polar surface area (TPSA) is 72.0 Å². The summed E-state index contributed by atoms with van der Waals surface area (Å²) in [4.78, 5) is 6.22. The second-order valence-electron chi connectivity index (χ2n) is 6.25. The van der Waals surface area contributed by atoms with E-state index in [0.717, 1.165) is 5.56 Å². The number of rotatable bonds is 7. The van der Waals surface area contributed by atoms with Crippen LogP contribution in [0, 0.1) is 0 Å². The van der Waals surface area contributed by atoms with Gasteiger partial charge in [0.05, 0.1) is 13.2 Å². The zero-order chi connectivity index (χ0) is 20.1. The quantitative estimate of drug-likeness (QED) is 0.694. The molecule has 10 heteroatoms. The number of anilines is 1. The number of halogens is 2.